The molecular weight excluding hydrogens is 430 g/mol. The van der Waals surface area contributed by atoms with Crippen LogP contribution < -0.4 is 16.4 Å². The van der Waals surface area contributed by atoms with Gasteiger partial charge in [-0.2, -0.15) is 0 Å². The molecule has 0 aliphatic carbocycles. The summed E-state index contributed by atoms with van der Waals surface area (Å²) in [5.41, 5.74) is 16.2. The number of pyridine rings is 1. The lowest BCUT2D eigenvalue weighted by Gasteiger charge is -2.34. The molecule has 34 heavy (non-hydrogen) atoms. The second-order valence-corrected chi connectivity index (χ2v) is 9.32. The Balaban J connectivity index is 1.56. The molecule has 1 aromatic heterocycles. The maximum absolute atomic E-state index is 11.6. The number of hydrogen-bond donors (Lipinski definition) is 3. The monoisotopic (exact) mass is 465 g/mol. The molecule has 4 rings (SSSR count). The number of nitrogens with two attached hydrogens (primary N) is 2. The minimum atomic E-state index is -0.264. The van der Waals surface area contributed by atoms with E-state index in [4.69, 9.17) is 16.2 Å². The van der Waals surface area contributed by atoms with Crippen molar-refractivity contribution in [1.82, 2.24) is 9.88 Å². The average Bonchev–Trinajstić information content (AvgIpc) is 2.86. The first-order valence-corrected chi connectivity index (χ1v) is 12.0. The van der Waals surface area contributed by atoms with E-state index in [-0.39, 0.29) is 23.4 Å². The minimum absolute atomic E-state index is 0.0201. The molecule has 8 heteroatoms. The number of hydrogen-bond acceptors (Lipinski definition) is 7. The normalized spacial score (nSPS) is 18.2. The molecule has 0 bridgehead atoms. The first-order chi connectivity index (χ1) is 16.3. The van der Waals surface area contributed by atoms with Crippen molar-refractivity contribution >= 4 is 23.0 Å². The number of nitrogen functional groups attached to an aromatic ring is 1. The topological polar surface area (TPSA) is 118 Å². The summed E-state index contributed by atoms with van der Waals surface area (Å²) in [6, 6.07) is 8.79. The summed E-state index contributed by atoms with van der Waals surface area (Å²) in [5, 5.41) is 10.8. The SMILES string of the molecule is C/C(=C\N(C)C1CCOCC1)c1ccc(-c2cnc(N)c(O)c2N2CCC(C(N)=O)CC2)cc1. The maximum Gasteiger partial charge on any atom is 0.220 e. The summed E-state index contributed by atoms with van der Waals surface area (Å²) in [4.78, 5) is 20.1. The van der Waals surface area contributed by atoms with Crippen molar-refractivity contribution in [2.75, 3.05) is 44.0 Å². The number of benzene rings is 1. The van der Waals surface area contributed by atoms with Gasteiger partial charge in [0.15, 0.2) is 11.6 Å². The zero-order valence-electron chi connectivity index (χ0n) is 20.0. The molecule has 2 aliphatic heterocycles. The fourth-order valence-corrected chi connectivity index (χ4v) is 4.91. The molecule has 0 spiro atoms. The molecule has 1 aromatic carbocycles. The number of aromatic hydroxyl groups is 1. The van der Waals surface area contributed by atoms with Gasteiger partial charge in [-0.15, -0.1) is 0 Å². The molecule has 0 unspecified atom stereocenters. The average molecular weight is 466 g/mol. The largest absolute Gasteiger partial charge is 0.503 e. The van der Waals surface area contributed by atoms with E-state index in [1.165, 1.54) is 5.57 Å². The third-order valence-corrected chi connectivity index (χ3v) is 7.08. The maximum atomic E-state index is 11.6. The summed E-state index contributed by atoms with van der Waals surface area (Å²) in [7, 11) is 2.13. The number of primary amides is 1. The predicted octanol–water partition coefficient (Wildman–Crippen LogP) is 3.21. The Bertz CT molecular complexity index is 1040. The Morgan fingerprint density at radius 3 is 2.44 bits per heavy atom. The van der Waals surface area contributed by atoms with E-state index < -0.39 is 0 Å². The lowest BCUT2D eigenvalue weighted by Crippen LogP contribution is -2.38. The summed E-state index contributed by atoms with van der Waals surface area (Å²) >= 11 is 0. The van der Waals surface area contributed by atoms with Gasteiger partial charge in [-0.3, -0.25) is 4.79 Å². The molecule has 0 atom stereocenters. The second-order valence-electron chi connectivity index (χ2n) is 9.32. The number of aromatic nitrogens is 1. The number of ether oxygens (including phenoxy) is 1. The lowest BCUT2D eigenvalue weighted by molar-refractivity contribution is -0.122. The number of allylic oxidation sites excluding steroid dienone is 1. The van der Waals surface area contributed by atoms with Crippen molar-refractivity contribution in [2.24, 2.45) is 11.7 Å². The molecule has 2 fully saturated rings. The molecule has 2 aromatic rings. The fraction of sp³-hybridized carbons (Fsp3) is 0.462. The van der Waals surface area contributed by atoms with Crippen LogP contribution in [0.3, 0.4) is 0 Å². The van der Waals surface area contributed by atoms with Gasteiger partial charge in [0.2, 0.25) is 5.91 Å². The van der Waals surface area contributed by atoms with Crippen LogP contribution in [0.1, 0.15) is 38.2 Å². The Hall–Kier alpha value is -3.26. The van der Waals surface area contributed by atoms with Gasteiger partial charge in [0, 0.05) is 63.3 Å². The first kappa shape index (κ1) is 23.9. The second kappa shape index (κ2) is 10.3. The van der Waals surface area contributed by atoms with E-state index in [1.54, 1.807) is 6.20 Å². The van der Waals surface area contributed by atoms with Gasteiger partial charge >= 0.3 is 0 Å². The van der Waals surface area contributed by atoms with Crippen molar-refractivity contribution in [1.29, 1.82) is 0 Å². The van der Waals surface area contributed by atoms with Gasteiger partial charge in [-0.25, -0.2) is 4.98 Å². The van der Waals surface area contributed by atoms with Crippen molar-refractivity contribution in [3.8, 4) is 16.9 Å². The summed E-state index contributed by atoms with van der Waals surface area (Å²) in [6.45, 7) is 5.01. The van der Waals surface area contributed by atoms with Crippen molar-refractivity contribution in [2.45, 2.75) is 38.6 Å². The van der Waals surface area contributed by atoms with Crippen LogP contribution in [0.4, 0.5) is 11.5 Å². The Morgan fingerprint density at radius 2 is 1.82 bits per heavy atom. The highest BCUT2D eigenvalue weighted by atomic mass is 16.5. The van der Waals surface area contributed by atoms with E-state index >= 15 is 0 Å². The van der Waals surface area contributed by atoms with Gasteiger partial charge in [0.1, 0.15) is 0 Å². The fourth-order valence-electron chi connectivity index (χ4n) is 4.91. The molecule has 0 saturated carbocycles. The standard InChI is InChI=1S/C26H35N5O3/c1-17(16-30(2)21-9-13-34-14-10-21)18-3-5-19(6-4-18)22-15-29-25(27)24(32)23(22)31-11-7-20(8-12-31)26(28)33/h3-6,15-16,20-21,32H,7-14H2,1-2H3,(H2,27,29)(H2,28,33)/b17-16+. The summed E-state index contributed by atoms with van der Waals surface area (Å²) in [5.74, 6) is -0.315. The summed E-state index contributed by atoms with van der Waals surface area (Å²) in [6.07, 6.45) is 7.32. The molecule has 2 saturated heterocycles. The number of nitrogens with zero attached hydrogens (tertiary/aromatic N) is 3. The number of carbonyl (C=O) groups is 1. The minimum Gasteiger partial charge on any atom is -0.503 e. The van der Waals surface area contributed by atoms with Crippen LogP contribution in [0.5, 0.6) is 5.75 Å². The summed E-state index contributed by atoms with van der Waals surface area (Å²) < 4.78 is 5.48. The van der Waals surface area contributed by atoms with Crippen LogP contribution in [0.25, 0.3) is 16.7 Å². The number of anilines is 2. The third kappa shape index (κ3) is 5.12. The Morgan fingerprint density at radius 1 is 1.18 bits per heavy atom. The highest BCUT2D eigenvalue weighted by Gasteiger charge is 2.27. The molecule has 1 amide bonds. The van der Waals surface area contributed by atoms with E-state index in [0.29, 0.717) is 37.7 Å². The molecule has 0 radical (unpaired) electrons. The van der Waals surface area contributed by atoms with Gasteiger partial charge in [-0.1, -0.05) is 24.3 Å². The quantitative estimate of drug-likeness (QED) is 0.599. The number of amides is 1. The van der Waals surface area contributed by atoms with Crippen LogP contribution in [-0.2, 0) is 9.53 Å². The van der Waals surface area contributed by atoms with Crippen LogP contribution in [0.2, 0.25) is 0 Å². The van der Waals surface area contributed by atoms with Gasteiger partial charge in [0.25, 0.3) is 0 Å². The van der Waals surface area contributed by atoms with Crippen LogP contribution in [-0.4, -0.2) is 60.3 Å². The van der Waals surface area contributed by atoms with E-state index in [2.05, 4.69) is 47.1 Å². The van der Waals surface area contributed by atoms with Crippen LogP contribution in [0, 0.1) is 5.92 Å². The molecule has 2 aliphatic rings. The molecule has 182 valence electrons. The van der Waals surface area contributed by atoms with E-state index in [0.717, 1.165) is 42.7 Å². The molecule has 3 heterocycles. The van der Waals surface area contributed by atoms with Crippen molar-refractivity contribution < 1.29 is 14.6 Å². The Kier molecular flexibility index (Phi) is 7.26. The van der Waals surface area contributed by atoms with Crippen LogP contribution in [0.15, 0.2) is 36.7 Å². The van der Waals surface area contributed by atoms with Gasteiger partial charge < -0.3 is 31.1 Å². The highest BCUT2D eigenvalue weighted by molar-refractivity contribution is 5.86. The smallest absolute Gasteiger partial charge is 0.220 e. The zero-order valence-corrected chi connectivity index (χ0v) is 20.0. The zero-order chi connectivity index (χ0) is 24.2. The molecule has 5 N–H and O–H groups in total. The number of carbonyl (C=O) groups excluding carboxylic acids is 1. The lowest BCUT2D eigenvalue weighted by atomic mass is 9.94. The molecule has 8 nitrogen and oxygen atoms in total. The molecular formula is C26H35N5O3. The Labute approximate surface area is 201 Å². The van der Waals surface area contributed by atoms with E-state index in [1.807, 2.05) is 12.1 Å². The van der Waals surface area contributed by atoms with Crippen LogP contribution >= 0.6 is 0 Å². The van der Waals surface area contributed by atoms with E-state index in [9.17, 15) is 9.90 Å². The van der Waals surface area contributed by atoms with Gasteiger partial charge in [-0.05, 0) is 49.3 Å². The number of rotatable bonds is 6. The predicted molar refractivity (Wildman–Crippen MR) is 135 cm³/mol. The van der Waals surface area contributed by atoms with Gasteiger partial charge in [0.05, 0.1) is 5.69 Å². The van der Waals surface area contributed by atoms with Crippen molar-refractivity contribution in [3.63, 3.8) is 0 Å². The number of piperidine rings is 1. The van der Waals surface area contributed by atoms with Crippen molar-refractivity contribution in [3.05, 3.63) is 42.2 Å². The first-order valence-electron chi connectivity index (χ1n) is 12.0. The highest BCUT2D eigenvalue weighted by Crippen LogP contribution is 2.42. The third-order valence-electron chi connectivity index (χ3n) is 7.08.